The van der Waals surface area contributed by atoms with Gasteiger partial charge in [-0.2, -0.15) is 0 Å². The van der Waals surface area contributed by atoms with Crippen LogP contribution in [0.3, 0.4) is 0 Å². The molecule has 1 fully saturated rings. The minimum Gasteiger partial charge on any atom is -0.369 e. The Bertz CT molecular complexity index is 333. The van der Waals surface area contributed by atoms with Gasteiger partial charge < -0.3 is 5.73 Å². The summed E-state index contributed by atoms with van der Waals surface area (Å²) in [7, 11) is 0. The molecule has 1 aromatic rings. The fourth-order valence-corrected chi connectivity index (χ4v) is 1.92. The normalized spacial score (nSPS) is 31.3. The lowest BCUT2D eigenvalue weighted by atomic mass is 9.95. The van der Waals surface area contributed by atoms with Crippen LogP contribution in [0, 0.1) is 5.92 Å². The third kappa shape index (κ3) is 1.22. The molecule has 2 rings (SSSR count). The van der Waals surface area contributed by atoms with Gasteiger partial charge >= 0.3 is 0 Å². The highest BCUT2D eigenvalue weighted by Crippen LogP contribution is 2.53. The van der Waals surface area contributed by atoms with E-state index in [0.29, 0.717) is 0 Å². The standard InChI is InChI=1S/C11H13NO/c1-11(7-9(11)10(12)13)8-5-3-2-4-6-8/h2-6,9H,7H2,1H3,(H2,12,13). The van der Waals surface area contributed by atoms with Gasteiger partial charge in [-0.25, -0.2) is 0 Å². The van der Waals surface area contributed by atoms with Crippen LogP contribution in [0.5, 0.6) is 0 Å². The van der Waals surface area contributed by atoms with Crippen LogP contribution >= 0.6 is 0 Å². The monoisotopic (exact) mass is 175 g/mol. The van der Waals surface area contributed by atoms with Crippen LogP contribution < -0.4 is 5.73 Å². The van der Waals surface area contributed by atoms with Crippen LogP contribution in [-0.2, 0) is 10.2 Å². The molecule has 13 heavy (non-hydrogen) atoms. The molecule has 0 aromatic heterocycles. The Morgan fingerprint density at radius 3 is 2.54 bits per heavy atom. The zero-order valence-electron chi connectivity index (χ0n) is 7.66. The van der Waals surface area contributed by atoms with E-state index in [0.717, 1.165) is 6.42 Å². The zero-order valence-corrected chi connectivity index (χ0v) is 7.66. The summed E-state index contributed by atoms with van der Waals surface area (Å²) in [6.07, 6.45) is 0.895. The molecule has 1 saturated carbocycles. The number of benzene rings is 1. The van der Waals surface area contributed by atoms with Crippen molar-refractivity contribution in [1.29, 1.82) is 0 Å². The van der Waals surface area contributed by atoms with Gasteiger partial charge in [-0.05, 0) is 12.0 Å². The van der Waals surface area contributed by atoms with Crippen molar-refractivity contribution in [2.45, 2.75) is 18.8 Å². The summed E-state index contributed by atoms with van der Waals surface area (Å²) in [5, 5.41) is 0. The molecule has 2 atom stereocenters. The van der Waals surface area contributed by atoms with Crippen LogP contribution in [0.4, 0.5) is 0 Å². The van der Waals surface area contributed by atoms with E-state index in [4.69, 9.17) is 5.73 Å². The van der Waals surface area contributed by atoms with Crippen molar-refractivity contribution in [3.8, 4) is 0 Å². The molecule has 0 radical (unpaired) electrons. The van der Waals surface area contributed by atoms with Gasteiger partial charge in [0.05, 0.1) is 0 Å². The van der Waals surface area contributed by atoms with E-state index < -0.39 is 0 Å². The summed E-state index contributed by atoms with van der Waals surface area (Å²) in [4.78, 5) is 11.0. The predicted molar refractivity (Wildman–Crippen MR) is 51.1 cm³/mol. The molecule has 0 aliphatic heterocycles. The second-order valence-corrected chi connectivity index (χ2v) is 3.94. The molecule has 1 amide bonds. The lowest BCUT2D eigenvalue weighted by Gasteiger charge is -2.09. The average molecular weight is 175 g/mol. The lowest BCUT2D eigenvalue weighted by Crippen LogP contribution is -2.19. The molecule has 68 valence electrons. The molecule has 0 saturated heterocycles. The second kappa shape index (κ2) is 2.59. The third-order valence-corrected chi connectivity index (χ3v) is 3.01. The Kier molecular flexibility index (Phi) is 1.65. The summed E-state index contributed by atoms with van der Waals surface area (Å²) in [6.45, 7) is 2.09. The molecule has 1 aliphatic carbocycles. The smallest absolute Gasteiger partial charge is 0.221 e. The van der Waals surface area contributed by atoms with Crippen molar-refractivity contribution in [1.82, 2.24) is 0 Å². The van der Waals surface area contributed by atoms with E-state index in [1.165, 1.54) is 5.56 Å². The van der Waals surface area contributed by atoms with Crippen LogP contribution in [-0.4, -0.2) is 5.91 Å². The number of primary amides is 1. The van der Waals surface area contributed by atoms with Gasteiger partial charge in [-0.1, -0.05) is 37.3 Å². The summed E-state index contributed by atoms with van der Waals surface area (Å²) < 4.78 is 0. The van der Waals surface area contributed by atoms with Crippen molar-refractivity contribution < 1.29 is 4.79 Å². The number of carbonyl (C=O) groups excluding carboxylic acids is 1. The molecule has 0 spiro atoms. The highest BCUT2D eigenvalue weighted by Gasteiger charge is 2.54. The third-order valence-electron chi connectivity index (χ3n) is 3.01. The molecule has 2 N–H and O–H groups in total. The van der Waals surface area contributed by atoms with Gasteiger partial charge in [0, 0.05) is 11.3 Å². The Balaban J connectivity index is 2.25. The highest BCUT2D eigenvalue weighted by atomic mass is 16.1. The fraction of sp³-hybridized carbons (Fsp3) is 0.364. The second-order valence-electron chi connectivity index (χ2n) is 3.94. The minimum atomic E-state index is -0.175. The molecular weight excluding hydrogens is 162 g/mol. The van der Waals surface area contributed by atoms with Gasteiger partial charge in [-0.15, -0.1) is 0 Å². The molecule has 2 heteroatoms. The minimum absolute atomic E-state index is 0.00704. The summed E-state index contributed by atoms with van der Waals surface area (Å²) in [5.74, 6) is -0.138. The first kappa shape index (κ1) is 8.30. The first-order valence-corrected chi connectivity index (χ1v) is 4.49. The lowest BCUT2D eigenvalue weighted by molar-refractivity contribution is -0.119. The summed E-state index contributed by atoms with van der Waals surface area (Å²) in [6, 6.07) is 10.1. The number of carbonyl (C=O) groups is 1. The van der Waals surface area contributed by atoms with Gasteiger partial charge in [0.2, 0.25) is 5.91 Å². The summed E-state index contributed by atoms with van der Waals surface area (Å²) in [5.41, 5.74) is 6.50. The SMILES string of the molecule is CC1(c2ccccc2)CC1C(N)=O. The highest BCUT2D eigenvalue weighted by molar-refractivity contribution is 5.82. The van der Waals surface area contributed by atoms with Crippen molar-refractivity contribution in [3.05, 3.63) is 35.9 Å². The maximum Gasteiger partial charge on any atom is 0.221 e. The van der Waals surface area contributed by atoms with Crippen LogP contribution in [0.2, 0.25) is 0 Å². The molecule has 2 nitrogen and oxygen atoms in total. The number of hydrogen-bond donors (Lipinski definition) is 1. The van der Waals surface area contributed by atoms with E-state index >= 15 is 0 Å². The molecule has 0 bridgehead atoms. The van der Waals surface area contributed by atoms with E-state index in [1.807, 2.05) is 18.2 Å². The van der Waals surface area contributed by atoms with Crippen LogP contribution in [0.25, 0.3) is 0 Å². The Morgan fingerprint density at radius 2 is 2.08 bits per heavy atom. The van der Waals surface area contributed by atoms with Gasteiger partial charge in [-0.3, -0.25) is 4.79 Å². The van der Waals surface area contributed by atoms with E-state index in [1.54, 1.807) is 0 Å². The molecule has 2 unspecified atom stereocenters. The molecular formula is C11H13NO. The largest absolute Gasteiger partial charge is 0.369 e. The van der Waals surface area contributed by atoms with Gasteiger partial charge in [0.15, 0.2) is 0 Å². The summed E-state index contributed by atoms with van der Waals surface area (Å²) >= 11 is 0. The first-order valence-electron chi connectivity index (χ1n) is 4.49. The average Bonchev–Trinajstić information content (AvgIpc) is 2.82. The number of amides is 1. The molecule has 1 aromatic carbocycles. The zero-order chi connectivity index (χ0) is 9.47. The number of nitrogens with two attached hydrogens (primary N) is 1. The van der Waals surface area contributed by atoms with E-state index in [2.05, 4.69) is 19.1 Å². The quantitative estimate of drug-likeness (QED) is 0.726. The number of rotatable bonds is 2. The first-order chi connectivity index (χ1) is 6.14. The van der Waals surface area contributed by atoms with E-state index in [-0.39, 0.29) is 17.2 Å². The topological polar surface area (TPSA) is 43.1 Å². The predicted octanol–water partition coefficient (Wildman–Crippen LogP) is 1.45. The van der Waals surface area contributed by atoms with Crippen molar-refractivity contribution in [3.63, 3.8) is 0 Å². The Morgan fingerprint density at radius 1 is 1.46 bits per heavy atom. The van der Waals surface area contributed by atoms with Crippen molar-refractivity contribution in [2.75, 3.05) is 0 Å². The van der Waals surface area contributed by atoms with Gasteiger partial charge in [0.1, 0.15) is 0 Å². The molecule has 1 aliphatic rings. The fourth-order valence-electron chi connectivity index (χ4n) is 1.92. The van der Waals surface area contributed by atoms with Crippen LogP contribution in [0.1, 0.15) is 18.9 Å². The van der Waals surface area contributed by atoms with E-state index in [9.17, 15) is 4.79 Å². The maximum absolute atomic E-state index is 11.0. The maximum atomic E-state index is 11.0. The van der Waals surface area contributed by atoms with Crippen LogP contribution in [0.15, 0.2) is 30.3 Å². The number of hydrogen-bond acceptors (Lipinski definition) is 1. The Labute approximate surface area is 77.8 Å². The van der Waals surface area contributed by atoms with Crippen molar-refractivity contribution >= 4 is 5.91 Å². The molecule has 0 heterocycles. The Hall–Kier alpha value is -1.31. The van der Waals surface area contributed by atoms with Gasteiger partial charge in [0.25, 0.3) is 0 Å². The van der Waals surface area contributed by atoms with Crippen molar-refractivity contribution in [2.24, 2.45) is 11.7 Å².